The van der Waals surface area contributed by atoms with Crippen molar-refractivity contribution in [1.29, 1.82) is 0 Å². The Morgan fingerprint density at radius 1 is 0.897 bits per heavy atom. The number of ketones is 1. The Kier molecular flexibility index (Phi) is 9.42. The molecule has 1 aliphatic rings. The van der Waals surface area contributed by atoms with Crippen molar-refractivity contribution in [3.05, 3.63) is 101 Å². The second-order valence-electron chi connectivity index (χ2n) is 9.87. The maximum atomic E-state index is 13.2. The monoisotopic (exact) mass is 527 g/mol. The number of likely N-dealkylation sites (tertiary alicyclic amines) is 1. The summed E-state index contributed by atoms with van der Waals surface area (Å²) in [5, 5.41) is 11.4. The Morgan fingerprint density at radius 2 is 1.64 bits per heavy atom. The zero-order valence-corrected chi connectivity index (χ0v) is 23.0. The van der Waals surface area contributed by atoms with E-state index in [4.69, 9.17) is 9.47 Å². The van der Waals surface area contributed by atoms with Crippen molar-refractivity contribution in [2.24, 2.45) is 0 Å². The average molecular weight is 528 g/mol. The SMILES string of the molecule is CCCCCOc1ccc(C2/C(=C(\O)c3ccc(OCc4ccccc4)c(C)c3)C(=O)C(=O)N2CCC)cc1. The molecule has 0 aliphatic carbocycles. The molecule has 6 heteroatoms. The van der Waals surface area contributed by atoms with E-state index < -0.39 is 17.7 Å². The first-order valence-corrected chi connectivity index (χ1v) is 13.7. The maximum Gasteiger partial charge on any atom is 0.295 e. The van der Waals surface area contributed by atoms with Gasteiger partial charge >= 0.3 is 0 Å². The average Bonchev–Trinajstić information content (AvgIpc) is 3.20. The molecule has 1 amide bonds. The third kappa shape index (κ3) is 6.51. The van der Waals surface area contributed by atoms with Crippen molar-refractivity contribution in [3.63, 3.8) is 0 Å². The number of hydrogen-bond acceptors (Lipinski definition) is 5. The highest BCUT2D eigenvalue weighted by Crippen LogP contribution is 2.40. The second kappa shape index (κ2) is 13.1. The quantitative estimate of drug-likeness (QED) is 0.119. The zero-order valence-electron chi connectivity index (χ0n) is 23.0. The fourth-order valence-electron chi connectivity index (χ4n) is 4.84. The van der Waals surface area contributed by atoms with Crippen molar-refractivity contribution in [1.82, 2.24) is 4.90 Å². The lowest BCUT2D eigenvalue weighted by atomic mass is 9.94. The van der Waals surface area contributed by atoms with E-state index in [-0.39, 0.29) is 11.3 Å². The van der Waals surface area contributed by atoms with E-state index in [0.29, 0.717) is 37.5 Å². The van der Waals surface area contributed by atoms with Crippen molar-refractivity contribution >= 4 is 17.4 Å². The van der Waals surface area contributed by atoms with Crippen LogP contribution in [0.1, 0.15) is 67.8 Å². The van der Waals surface area contributed by atoms with E-state index >= 15 is 0 Å². The van der Waals surface area contributed by atoms with Crippen LogP contribution in [-0.4, -0.2) is 34.8 Å². The zero-order chi connectivity index (χ0) is 27.8. The number of carbonyl (C=O) groups is 2. The van der Waals surface area contributed by atoms with Gasteiger partial charge in [-0.05, 0) is 66.8 Å². The van der Waals surface area contributed by atoms with Gasteiger partial charge in [0.25, 0.3) is 11.7 Å². The Morgan fingerprint density at radius 3 is 2.31 bits per heavy atom. The highest BCUT2D eigenvalue weighted by atomic mass is 16.5. The molecule has 1 fully saturated rings. The molecule has 1 aliphatic heterocycles. The molecule has 204 valence electrons. The molecular weight excluding hydrogens is 490 g/mol. The number of carbonyl (C=O) groups excluding carboxylic acids is 2. The Hall–Kier alpha value is -4.06. The summed E-state index contributed by atoms with van der Waals surface area (Å²) < 4.78 is 11.8. The first-order valence-electron chi connectivity index (χ1n) is 13.7. The summed E-state index contributed by atoms with van der Waals surface area (Å²) in [6.45, 7) is 7.48. The lowest BCUT2D eigenvalue weighted by Gasteiger charge is -2.25. The smallest absolute Gasteiger partial charge is 0.295 e. The molecular formula is C33H37NO5. The third-order valence-corrected chi connectivity index (χ3v) is 6.90. The van der Waals surface area contributed by atoms with Crippen LogP contribution < -0.4 is 9.47 Å². The van der Waals surface area contributed by atoms with Gasteiger partial charge in [0.15, 0.2) is 0 Å². The summed E-state index contributed by atoms with van der Waals surface area (Å²) in [6, 6.07) is 22.0. The number of aryl methyl sites for hydroxylation is 1. The molecule has 1 N–H and O–H groups in total. The van der Waals surface area contributed by atoms with Crippen LogP contribution in [0.5, 0.6) is 11.5 Å². The summed E-state index contributed by atoms with van der Waals surface area (Å²) in [7, 11) is 0. The largest absolute Gasteiger partial charge is 0.507 e. The van der Waals surface area contributed by atoms with Crippen molar-refractivity contribution in [2.45, 2.75) is 59.1 Å². The van der Waals surface area contributed by atoms with Crippen LogP contribution in [0.15, 0.2) is 78.4 Å². The van der Waals surface area contributed by atoms with Crippen LogP contribution >= 0.6 is 0 Å². The Labute approximate surface area is 230 Å². The number of benzene rings is 3. The standard InChI is InChI=1S/C33H37NO5/c1-4-6-10-20-38-27-16-13-25(14-17-27)30-29(32(36)33(37)34(30)19-5-2)31(35)26-15-18-28(23(3)21-26)39-22-24-11-8-7-9-12-24/h7-9,11-18,21,30,35H,4-6,10,19-20,22H2,1-3H3/b31-29+. The van der Waals surface area contributed by atoms with Gasteiger partial charge in [0.1, 0.15) is 23.9 Å². The number of ether oxygens (including phenoxy) is 2. The first kappa shape index (κ1) is 28.0. The lowest BCUT2D eigenvalue weighted by Crippen LogP contribution is -2.30. The molecule has 6 nitrogen and oxygen atoms in total. The third-order valence-electron chi connectivity index (χ3n) is 6.90. The van der Waals surface area contributed by atoms with E-state index in [1.807, 2.05) is 68.4 Å². The molecule has 3 aromatic rings. The number of hydrogen-bond donors (Lipinski definition) is 1. The predicted octanol–water partition coefficient (Wildman–Crippen LogP) is 6.97. The molecule has 39 heavy (non-hydrogen) atoms. The first-order chi connectivity index (χ1) is 18.9. The van der Waals surface area contributed by atoms with Crippen LogP contribution in [0.2, 0.25) is 0 Å². The molecule has 1 atom stereocenters. The van der Waals surface area contributed by atoms with Crippen molar-refractivity contribution in [2.75, 3.05) is 13.2 Å². The topological polar surface area (TPSA) is 76.1 Å². The van der Waals surface area contributed by atoms with Gasteiger partial charge in [-0.25, -0.2) is 0 Å². The number of rotatable bonds is 12. The van der Waals surface area contributed by atoms with E-state index in [2.05, 4.69) is 6.92 Å². The molecule has 0 saturated carbocycles. The predicted molar refractivity (Wildman–Crippen MR) is 153 cm³/mol. The maximum absolute atomic E-state index is 13.2. The van der Waals surface area contributed by atoms with Gasteiger partial charge in [-0.15, -0.1) is 0 Å². The number of aliphatic hydroxyl groups is 1. The Bertz CT molecular complexity index is 1310. The van der Waals surface area contributed by atoms with Gasteiger partial charge in [-0.1, -0.05) is 69.2 Å². The minimum Gasteiger partial charge on any atom is -0.507 e. The fraction of sp³-hybridized carbons (Fsp3) is 0.333. The van der Waals surface area contributed by atoms with E-state index in [0.717, 1.165) is 41.7 Å². The van der Waals surface area contributed by atoms with Gasteiger partial charge in [0.2, 0.25) is 0 Å². The molecule has 0 radical (unpaired) electrons. The minimum atomic E-state index is -0.673. The molecule has 0 aromatic heterocycles. The Balaban J connectivity index is 1.62. The second-order valence-corrected chi connectivity index (χ2v) is 9.87. The summed E-state index contributed by atoms with van der Waals surface area (Å²) in [6.07, 6.45) is 3.92. The van der Waals surface area contributed by atoms with Crippen LogP contribution in [0.25, 0.3) is 5.76 Å². The summed E-state index contributed by atoms with van der Waals surface area (Å²) in [4.78, 5) is 27.8. The minimum absolute atomic E-state index is 0.0995. The van der Waals surface area contributed by atoms with Crippen LogP contribution in [-0.2, 0) is 16.2 Å². The van der Waals surface area contributed by atoms with E-state index in [9.17, 15) is 14.7 Å². The van der Waals surface area contributed by atoms with E-state index in [1.54, 1.807) is 23.1 Å². The summed E-state index contributed by atoms with van der Waals surface area (Å²) in [5.74, 6) is -0.0257. The van der Waals surface area contributed by atoms with E-state index in [1.165, 1.54) is 0 Å². The van der Waals surface area contributed by atoms with Gasteiger partial charge in [-0.2, -0.15) is 0 Å². The molecule has 3 aromatic carbocycles. The van der Waals surface area contributed by atoms with Crippen LogP contribution in [0, 0.1) is 6.92 Å². The van der Waals surface area contributed by atoms with Crippen LogP contribution in [0.3, 0.4) is 0 Å². The van der Waals surface area contributed by atoms with Gasteiger partial charge in [-0.3, -0.25) is 9.59 Å². The molecule has 0 spiro atoms. The highest BCUT2D eigenvalue weighted by Gasteiger charge is 2.45. The van der Waals surface area contributed by atoms with Crippen molar-refractivity contribution in [3.8, 4) is 11.5 Å². The van der Waals surface area contributed by atoms with Crippen molar-refractivity contribution < 1.29 is 24.2 Å². The highest BCUT2D eigenvalue weighted by molar-refractivity contribution is 6.46. The molecule has 1 saturated heterocycles. The number of Topliss-reactive ketones (excluding diaryl/α,β-unsaturated/α-hetero) is 1. The lowest BCUT2D eigenvalue weighted by molar-refractivity contribution is -0.139. The van der Waals surface area contributed by atoms with Gasteiger partial charge in [0, 0.05) is 12.1 Å². The summed E-state index contributed by atoms with van der Waals surface area (Å²) in [5.41, 5.74) is 3.19. The molecule has 1 heterocycles. The molecule has 4 rings (SSSR count). The summed E-state index contributed by atoms with van der Waals surface area (Å²) >= 11 is 0. The number of aliphatic hydroxyl groups excluding tert-OH is 1. The number of nitrogens with zero attached hydrogens (tertiary/aromatic N) is 1. The normalized spacial score (nSPS) is 16.5. The molecule has 1 unspecified atom stereocenters. The number of unbranched alkanes of at least 4 members (excludes halogenated alkanes) is 2. The molecule has 0 bridgehead atoms. The van der Waals surface area contributed by atoms with Crippen LogP contribution in [0.4, 0.5) is 0 Å². The number of amides is 1. The van der Waals surface area contributed by atoms with Gasteiger partial charge in [0.05, 0.1) is 18.2 Å². The van der Waals surface area contributed by atoms with Gasteiger partial charge < -0.3 is 19.5 Å². The fourth-order valence-corrected chi connectivity index (χ4v) is 4.84.